The van der Waals surface area contributed by atoms with Gasteiger partial charge in [0.25, 0.3) is 5.91 Å². The summed E-state index contributed by atoms with van der Waals surface area (Å²) in [6.07, 6.45) is 0.707. The Bertz CT molecular complexity index is 1100. The van der Waals surface area contributed by atoms with Gasteiger partial charge in [0, 0.05) is 13.1 Å². The number of aryl methyl sites for hydroxylation is 2. The zero-order valence-electron chi connectivity index (χ0n) is 16.5. The molecule has 29 heavy (non-hydrogen) atoms. The Morgan fingerprint density at radius 3 is 2.38 bits per heavy atom. The van der Waals surface area contributed by atoms with E-state index in [1.54, 1.807) is 17.8 Å². The molecular weight excluding hydrogens is 362 g/mol. The number of furan rings is 1. The second-order valence-corrected chi connectivity index (χ2v) is 7.08. The zero-order chi connectivity index (χ0) is 20.2. The molecule has 0 saturated carbocycles. The van der Waals surface area contributed by atoms with Gasteiger partial charge in [-0.3, -0.25) is 9.48 Å². The van der Waals surface area contributed by atoms with Crippen molar-refractivity contribution in [3.8, 4) is 11.5 Å². The predicted octanol–water partition coefficient (Wildman–Crippen LogP) is 4.70. The van der Waals surface area contributed by atoms with E-state index in [0.717, 1.165) is 11.3 Å². The molecule has 146 valence electrons. The molecule has 1 N–H and O–H groups in total. The first-order chi connectivity index (χ1) is 14.1. The lowest BCUT2D eigenvalue weighted by Crippen LogP contribution is -2.31. The van der Waals surface area contributed by atoms with Gasteiger partial charge in [-0.15, -0.1) is 0 Å². The fourth-order valence-electron chi connectivity index (χ4n) is 3.39. The van der Waals surface area contributed by atoms with Crippen molar-refractivity contribution >= 4 is 5.91 Å². The van der Waals surface area contributed by atoms with Gasteiger partial charge in [-0.25, -0.2) is 0 Å². The van der Waals surface area contributed by atoms with Crippen LogP contribution in [0.25, 0.3) is 11.5 Å². The molecule has 0 aliphatic rings. The van der Waals surface area contributed by atoms with Gasteiger partial charge in [0.2, 0.25) is 0 Å². The van der Waals surface area contributed by atoms with Crippen LogP contribution in [0.1, 0.15) is 33.4 Å². The number of rotatable bonds is 6. The fraction of sp³-hybridized carbons (Fsp3) is 0.167. The third-order valence-corrected chi connectivity index (χ3v) is 4.90. The van der Waals surface area contributed by atoms with Crippen LogP contribution in [0.4, 0.5) is 0 Å². The molecule has 0 saturated heterocycles. The molecule has 0 fully saturated rings. The van der Waals surface area contributed by atoms with Gasteiger partial charge in [0.05, 0.1) is 6.04 Å². The number of aromatic nitrogens is 2. The highest BCUT2D eigenvalue weighted by molar-refractivity contribution is 5.93. The Hall–Kier alpha value is -3.60. The van der Waals surface area contributed by atoms with E-state index >= 15 is 0 Å². The van der Waals surface area contributed by atoms with Crippen LogP contribution in [0.15, 0.2) is 83.3 Å². The standard InChI is InChI=1S/C24H23N3O2/c1-17-13-14-23(29-17)21-16-22(27(2)26-21)24(28)25-20(19-11-7-4-8-12-19)15-18-9-5-3-6-10-18/h3-14,16,20H,15H2,1-2H3,(H,25,28). The minimum atomic E-state index is -0.167. The molecule has 5 heteroatoms. The van der Waals surface area contributed by atoms with Gasteiger partial charge in [-0.05, 0) is 36.6 Å². The number of nitrogens with zero attached hydrogens (tertiary/aromatic N) is 2. The molecule has 1 amide bonds. The summed E-state index contributed by atoms with van der Waals surface area (Å²) in [4.78, 5) is 13.1. The molecule has 4 rings (SSSR count). The lowest BCUT2D eigenvalue weighted by Gasteiger charge is -2.19. The van der Waals surface area contributed by atoms with Gasteiger partial charge >= 0.3 is 0 Å². The van der Waals surface area contributed by atoms with Crippen molar-refractivity contribution < 1.29 is 9.21 Å². The minimum absolute atomic E-state index is 0.143. The molecule has 0 aliphatic heterocycles. The minimum Gasteiger partial charge on any atom is -0.460 e. The first-order valence-corrected chi connectivity index (χ1v) is 9.61. The molecule has 4 aromatic rings. The highest BCUT2D eigenvalue weighted by atomic mass is 16.3. The van der Waals surface area contributed by atoms with Crippen molar-refractivity contribution in [1.29, 1.82) is 0 Å². The maximum atomic E-state index is 13.1. The van der Waals surface area contributed by atoms with Crippen LogP contribution in [-0.2, 0) is 13.5 Å². The average Bonchev–Trinajstić information content (AvgIpc) is 3.34. The maximum Gasteiger partial charge on any atom is 0.270 e. The van der Waals surface area contributed by atoms with Crippen molar-refractivity contribution in [1.82, 2.24) is 15.1 Å². The Morgan fingerprint density at radius 1 is 1.03 bits per heavy atom. The number of benzene rings is 2. The summed E-state index contributed by atoms with van der Waals surface area (Å²) in [5.74, 6) is 1.30. The van der Waals surface area contributed by atoms with Gasteiger partial charge in [0.15, 0.2) is 5.76 Å². The largest absolute Gasteiger partial charge is 0.460 e. The summed E-state index contributed by atoms with van der Waals surface area (Å²) < 4.78 is 7.23. The molecule has 1 atom stereocenters. The number of amides is 1. The summed E-state index contributed by atoms with van der Waals surface area (Å²) >= 11 is 0. The van der Waals surface area contributed by atoms with Crippen LogP contribution in [0.5, 0.6) is 0 Å². The van der Waals surface area contributed by atoms with E-state index in [9.17, 15) is 4.79 Å². The van der Waals surface area contributed by atoms with Crippen molar-refractivity contribution in [2.24, 2.45) is 7.05 Å². The molecule has 0 bridgehead atoms. The summed E-state index contributed by atoms with van der Waals surface area (Å²) in [7, 11) is 1.77. The second kappa shape index (κ2) is 8.19. The zero-order valence-corrected chi connectivity index (χ0v) is 16.5. The van der Waals surface area contributed by atoms with Crippen molar-refractivity contribution in [3.05, 3.63) is 101 Å². The Kier molecular flexibility index (Phi) is 5.29. The van der Waals surface area contributed by atoms with E-state index in [0.29, 0.717) is 23.6 Å². The molecule has 2 aromatic heterocycles. The van der Waals surface area contributed by atoms with Crippen LogP contribution < -0.4 is 5.32 Å². The third-order valence-electron chi connectivity index (χ3n) is 4.90. The van der Waals surface area contributed by atoms with Gasteiger partial charge < -0.3 is 9.73 Å². The van der Waals surface area contributed by atoms with Crippen LogP contribution >= 0.6 is 0 Å². The Balaban J connectivity index is 1.59. The molecule has 0 spiro atoms. The summed E-state index contributed by atoms with van der Waals surface area (Å²) in [5, 5.41) is 7.62. The summed E-state index contributed by atoms with van der Waals surface area (Å²) in [6.45, 7) is 1.88. The number of carbonyl (C=O) groups excluding carboxylic acids is 1. The second-order valence-electron chi connectivity index (χ2n) is 7.08. The maximum absolute atomic E-state index is 13.1. The SMILES string of the molecule is Cc1ccc(-c2cc(C(=O)NC(Cc3ccccc3)c3ccccc3)n(C)n2)o1. The Labute approximate surface area is 170 Å². The molecule has 5 nitrogen and oxygen atoms in total. The molecular formula is C24H23N3O2. The van der Waals surface area contributed by atoms with Crippen LogP contribution in [0, 0.1) is 6.92 Å². The molecule has 0 aliphatic carbocycles. The fourth-order valence-corrected chi connectivity index (χ4v) is 3.39. The summed E-state index contributed by atoms with van der Waals surface area (Å²) in [6, 6.07) is 25.5. The van der Waals surface area contributed by atoms with Crippen molar-refractivity contribution in [2.45, 2.75) is 19.4 Å². The van der Waals surface area contributed by atoms with E-state index in [1.807, 2.05) is 67.6 Å². The molecule has 0 radical (unpaired) electrons. The first-order valence-electron chi connectivity index (χ1n) is 9.61. The number of hydrogen-bond acceptors (Lipinski definition) is 3. The van der Waals surface area contributed by atoms with Gasteiger partial charge in [-0.1, -0.05) is 60.7 Å². The van der Waals surface area contributed by atoms with E-state index in [4.69, 9.17) is 4.42 Å². The number of carbonyl (C=O) groups is 1. The molecule has 2 heterocycles. The smallest absolute Gasteiger partial charge is 0.270 e. The monoisotopic (exact) mass is 385 g/mol. The van der Waals surface area contributed by atoms with Crippen LogP contribution in [0.3, 0.4) is 0 Å². The van der Waals surface area contributed by atoms with Gasteiger partial charge in [-0.2, -0.15) is 5.10 Å². The lowest BCUT2D eigenvalue weighted by atomic mass is 9.98. The molecule has 2 aromatic carbocycles. The highest BCUT2D eigenvalue weighted by Crippen LogP contribution is 2.23. The number of nitrogens with one attached hydrogen (secondary N) is 1. The highest BCUT2D eigenvalue weighted by Gasteiger charge is 2.20. The number of hydrogen-bond donors (Lipinski definition) is 1. The normalized spacial score (nSPS) is 11.9. The van der Waals surface area contributed by atoms with Crippen LogP contribution in [0.2, 0.25) is 0 Å². The first kappa shape index (κ1) is 18.7. The van der Waals surface area contributed by atoms with Crippen molar-refractivity contribution in [3.63, 3.8) is 0 Å². The van der Waals surface area contributed by atoms with Crippen LogP contribution in [-0.4, -0.2) is 15.7 Å². The van der Waals surface area contributed by atoms with Crippen molar-refractivity contribution in [2.75, 3.05) is 0 Å². The Morgan fingerprint density at radius 2 is 1.72 bits per heavy atom. The third kappa shape index (κ3) is 4.29. The average molecular weight is 385 g/mol. The van der Waals surface area contributed by atoms with E-state index in [-0.39, 0.29) is 11.9 Å². The van der Waals surface area contributed by atoms with Gasteiger partial charge in [0.1, 0.15) is 17.1 Å². The van der Waals surface area contributed by atoms with E-state index in [2.05, 4.69) is 22.5 Å². The lowest BCUT2D eigenvalue weighted by molar-refractivity contribution is 0.0927. The van der Waals surface area contributed by atoms with E-state index in [1.165, 1.54) is 5.56 Å². The quantitative estimate of drug-likeness (QED) is 0.523. The van der Waals surface area contributed by atoms with E-state index < -0.39 is 0 Å². The predicted molar refractivity (Wildman–Crippen MR) is 112 cm³/mol. The summed E-state index contributed by atoms with van der Waals surface area (Å²) in [5.41, 5.74) is 3.36. The topological polar surface area (TPSA) is 60.1 Å². The molecule has 1 unspecified atom stereocenters.